The molecule has 2 aromatic carbocycles. The summed E-state index contributed by atoms with van der Waals surface area (Å²) < 4.78 is 2.03. The number of aliphatic hydroxyl groups is 1. The highest BCUT2D eigenvalue weighted by atomic mass is 79.9. The Morgan fingerprint density at radius 1 is 0.880 bits per heavy atom. The smallest absolute Gasteiger partial charge is 0.320 e. The van der Waals surface area contributed by atoms with Gasteiger partial charge < -0.3 is 21.7 Å². The Morgan fingerprint density at radius 2 is 1.28 bits per heavy atom. The van der Waals surface area contributed by atoms with Gasteiger partial charge in [-0.1, -0.05) is 56.1 Å². The van der Waals surface area contributed by atoms with Gasteiger partial charge in [-0.2, -0.15) is 0 Å². The summed E-state index contributed by atoms with van der Waals surface area (Å²) in [6, 6.07) is 14.4. The third kappa shape index (κ3) is 9.13. The Morgan fingerprint density at radius 3 is 1.64 bits per heavy atom. The van der Waals surface area contributed by atoms with Crippen molar-refractivity contribution >= 4 is 37.8 Å². The zero-order chi connectivity index (χ0) is 18.8. The Labute approximate surface area is 164 Å². The molecule has 0 aliphatic rings. The lowest BCUT2D eigenvalue weighted by molar-refractivity contribution is -0.138. The van der Waals surface area contributed by atoms with E-state index >= 15 is 0 Å². The molecule has 5 nitrogen and oxygen atoms in total. The van der Waals surface area contributed by atoms with Crippen molar-refractivity contribution in [1.82, 2.24) is 0 Å². The number of hydrogen-bond donors (Lipinski definition) is 4. The van der Waals surface area contributed by atoms with E-state index in [4.69, 9.17) is 21.7 Å². The van der Waals surface area contributed by atoms with Crippen LogP contribution in [0.2, 0.25) is 0 Å². The van der Waals surface area contributed by atoms with E-state index in [0.29, 0.717) is 6.42 Å². The molecule has 0 fully saturated rings. The van der Waals surface area contributed by atoms with Crippen LogP contribution < -0.4 is 11.5 Å². The molecule has 6 N–H and O–H groups in total. The van der Waals surface area contributed by atoms with Crippen LogP contribution in [0.3, 0.4) is 0 Å². The molecule has 136 valence electrons. The van der Waals surface area contributed by atoms with Gasteiger partial charge in [0.05, 0.1) is 6.61 Å². The molecule has 0 radical (unpaired) electrons. The minimum absolute atomic E-state index is 0.0378. The van der Waals surface area contributed by atoms with E-state index in [1.54, 1.807) is 0 Å². The van der Waals surface area contributed by atoms with Crippen molar-refractivity contribution in [1.29, 1.82) is 0 Å². The van der Waals surface area contributed by atoms with Crippen LogP contribution in [-0.4, -0.2) is 34.9 Å². The number of carbonyl (C=O) groups is 1. The van der Waals surface area contributed by atoms with E-state index in [0.717, 1.165) is 26.5 Å². The van der Waals surface area contributed by atoms with Crippen molar-refractivity contribution in [3.63, 3.8) is 0 Å². The number of carboxylic acids is 1. The van der Waals surface area contributed by atoms with E-state index in [1.807, 2.05) is 48.5 Å². The van der Waals surface area contributed by atoms with Crippen LogP contribution in [0, 0.1) is 0 Å². The first-order valence-corrected chi connectivity index (χ1v) is 9.24. The van der Waals surface area contributed by atoms with Crippen LogP contribution >= 0.6 is 31.9 Å². The maximum atomic E-state index is 10.4. The lowest BCUT2D eigenvalue weighted by atomic mass is 10.1. The number of rotatable bonds is 6. The van der Waals surface area contributed by atoms with Crippen LogP contribution in [-0.2, 0) is 17.6 Å². The molecule has 2 atom stereocenters. The summed E-state index contributed by atoms with van der Waals surface area (Å²) in [4.78, 5) is 10.4. The van der Waals surface area contributed by atoms with Gasteiger partial charge in [-0.05, 0) is 48.2 Å². The van der Waals surface area contributed by atoms with Crippen LogP contribution in [0.4, 0.5) is 0 Å². The minimum atomic E-state index is -0.970. The minimum Gasteiger partial charge on any atom is -0.480 e. The Kier molecular flexibility index (Phi) is 9.92. The molecule has 0 amide bonds. The molecule has 2 unspecified atom stereocenters. The monoisotopic (exact) mass is 472 g/mol. The maximum absolute atomic E-state index is 10.4. The second-order valence-electron chi connectivity index (χ2n) is 5.55. The van der Waals surface area contributed by atoms with Crippen molar-refractivity contribution in [3.8, 4) is 0 Å². The molecule has 0 saturated heterocycles. The molecule has 0 spiro atoms. The van der Waals surface area contributed by atoms with Gasteiger partial charge >= 0.3 is 5.97 Å². The lowest BCUT2D eigenvalue weighted by Crippen LogP contribution is -2.32. The third-order valence-corrected chi connectivity index (χ3v) is 4.39. The van der Waals surface area contributed by atoms with Crippen molar-refractivity contribution in [2.24, 2.45) is 11.5 Å². The van der Waals surface area contributed by atoms with Gasteiger partial charge in [-0.15, -0.1) is 0 Å². The first-order valence-electron chi connectivity index (χ1n) is 7.65. The van der Waals surface area contributed by atoms with Crippen molar-refractivity contribution in [3.05, 3.63) is 68.6 Å². The van der Waals surface area contributed by atoms with Crippen LogP contribution in [0.5, 0.6) is 0 Å². The third-order valence-electron chi connectivity index (χ3n) is 3.33. The number of aliphatic carboxylic acids is 1. The van der Waals surface area contributed by atoms with Crippen molar-refractivity contribution in [2.45, 2.75) is 24.9 Å². The molecule has 0 aliphatic carbocycles. The van der Waals surface area contributed by atoms with E-state index in [1.165, 1.54) is 0 Å². The number of benzene rings is 2. The number of halogens is 2. The normalized spacial score (nSPS) is 12.7. The van der Waals surface area contributed by atoms with Crippen LogP contribution in [0.1, 0.15) is 11.1 Å². The van der Waals surface area contributed by atoms with E-state index < -0.39 is 12.0 Å². The number of aliphatic hydroxyl groups excluding tert-OH is 1. The molecular formula is C18H22Br2N2O3. The van der Waals surface area contributed by atoms with Gasteiger partial charge in [0.2, 0.25) is 0 Å². The SMILES string of the molecule is NC(CO)Cc1ccc(Br)cc1.NC(Cc1ccc(Br)cc1)C(=O)O. The Hall–Kier alpha value is -1.25. The van der Waals surface area contributed by atoms with Crippen LogP contribution in [0.15, 0.2) is 57.5 Å². The molecule has 7 heteroatoms. The lowest BCUT2D eigenvalue weighted by Gasteiger charge is -2.07. The summed E-state index contributed by atoms with van der Waals surface area (Å²) in [7, 11) is 0. The molecule has 0 saturated carbocycles. The van der Waals surface area contributed by atoms with Gasteiger partial charge in [0.15, 0.2) is 0 Å². The maximum Gasteiger partial charge on any atom is 0.320 e. The highest BCUT2D eigenvalue weighted by Crippen LogP contribution is 2.12. The fourth-order valence-corrected chi connectivity index (χ4v) is 2.48. The second kappa shape index (κ2) is 11.4. The molecule has 0 aliphatic heterocycles. The van der Waals surface area contributed by atoms with Gasteiger partial charge in [0, 0.05) is 15.0 Å². The molecule has 0 aromatic heterocycles. The van der Waals surface area contributed by atoms with Gasteiger partial charge in [0.1, 0.15) is 6.04 Å². The predicted molar refractivity (Wildman–Crippen MR) is 106 cm³/mol. The Balaban J connectivity index is 0.000000251. The van der Waals surface area contributed by atoms with Crippen LogP contribution in [0.25, 0.3) is 0 Å². The fourth-order valence-electron chi connectivity index (χ4n) is 1.95. The highest BCUT2D eigenvalue weighted by Gasteiger charge is 2.11. The number of carboxylic acid groups (broad SMARTS) is 1. The van der Waals surface area contributed by atoms with Gasteiger partial charge in [-0.3, -0.25) is 4.79 Å². The topological polar surface area (TPSA) is 110 Å². The number of nitrogens with two attached hydrogens (primary N) is 2. The summed E-state index contributed by atoms with van der Waals surface area (Å²) >= 11 is 6.64. The molecule has 25 heavy (non-hydrogen) atoms. The van der Waals surface area contributed by atoms with E-state index in [-0.39, 0.29) is 12.6 Å². The average Bonchev–Trinajstić information content (AvgIpc) is 2.59. The quantitative estimate of drug-likeness (QED) is 0.515. The Bertz CT molecular complexity index is 648. The van der Waals surface area contributed by atoms with Crippen molar-refractivity contribution < 1.29 is 15.0 Å². The largest absolute Gasteiger partial charge is 0.480 e. The molecular weight excluding hydrogens is 452 g/mol. The first-order chi connectivity index (χ1) is 11.8. The standard InChI is InChI=1S/C9H10BrNO2.C9H12BrNO/c10-7-3-1-6(2-4-7)5-8(11)9(12)13;10-8-3-1-7(2-4-8)5-9(11)6-12/h1-4,8H,5,11H2,(H,12,13);1-4,9,12H,5-6,11H2. The molecule has 0 heterocycles. The van der Waals surface area contributed by atoms with Gasteiger partial charge in [-0.25, -0.2) is 0 Å². The van der Waals surface area contributed by atoms with Gasteiger partial charge in [0.25, 0.3) is 0 Å². The van der Waals surface area contributed by atoms with E-state index in [2.05, 4.69) is 31.9 Å². The summed E-state index contributed by atoms with van der Waals surface area (Å²) in [5.41, 5.74) is 13.0. The summed E-state index contributed by atoms with van der Waals surface area (Å²) in [6.45, 7) is 0.0378. The zero-order valence-corrected chi connectivity index (χ0v) is 16.8. The number of hydrogen-bond acceptors (Lipinski definition) is 4. The first kappa shape index (κ1) is 21.8. The average molecular weight is 474 g/mol. The fraction of sp³-hybridized carbons (Fsp3) is 0.278. The zero-order valence-electron chi connectivity index (χ0n) is 13.6. The molecule has 0 bridgehead atoms. The van der Waals surface area contributed by atoms with E-state index in [9.17, 15) is 4.79 Å². The summed E-state index contributed by atoms with van der Waals surface area (Å²) in [6.07, 6.45) is 1.09. The molecule has 2 rings (SSSR count). The predicted octanol–water partition coefficient (Wildman–Crippen LogP) is 2.71. The highest BCUT2D eigenvalue weighted by molar-refractivity contribution is 9.10. The molecule has 2 aromatic rings. The van der Waals surface area contributed by atoms with Crippen molar-refractivity contribution in [2.75, 3.05) is 6.61 Å². The second-order valence-corrected chi connectivity index (χ2v) is 7.38. The summed E-state index contributed by atoms with van der Waals surface area (Å²) in [5.74, 6) is -0.970. The summed E-state index contributed by atoms with van der Waals surface area (Å²) in [5, 5.41) is 17.3.